The van der Waals surface area contributed by atoms with Gasteiger partial charge in [0.05, 0.1) is 13.2 Å². The molecule has 1 aliphatic heterocycles. The van der Waals surface area contributed by atoms with Gasteiger partial charge in [-0.2, -0.15) is 4.99 Å². The number of nitrogens with two attached hydrogens (primary N) is 2. The van der Waals surface area contributed by atoms with Crippen molar-refractivity contribution in [3.63, 3.8) is 0 Å². The van der Waals surface area contributed by atoms with E-state index in [4.69, 9.17) is 20.9 Å². The van der Waals surface area contributed by atoms with Crippen molar-refractivity contribution in [1.82, 2.24) is 10.2 Å². The van der Waals surface area contributed by atoms with Crippen LogP contribution in [-0.2, 0) is 16.1 Å². The van der Waals surface area contributed by atoms with Gasteiger partial charge in [0.25, 0.3) is 5.91 Å². The first-order valence-corrected chi connectivity index (χ1v) is 11.9. The fraction of sp³-hybridized carbons (Fsp3) is 0.625. The van der Waals surface area contributed by atoms with E-state index in [-0.39, 0.29) is 18.6 Å². The maximum atomic E-state index is 12.6. The van der Waals surface area contributed by atoms with Gasteiger partial charge in [-0.05, 0) is 45.1 Å². The number of aliphatic imine (C=N–C) groups is 1. The molecule has 1 aromatic carbocycles. The average Bonchev–Trinajstić information content (AvgIpc) is 2.83. The number of carbonyl (C=O) groups is 2. The Labute approximate surface area is 195 Å². The minimum Gasteiger partial charge on any atom is -0.496 e. The molecule has 5 N–H and O–H groups in total. The van der Waals surface area contributed by atoms with Crippen LogP contribution in [0.15, 0.2) is 23.2 Å². The van der Waals surface area contributed by atoms with Crippen molar-refractivity contribution in [1.29, 1.82) is 0 Å². The first-order chi connectivity index (χ1) is 15.9. The molecule has 1 heterocycles. The highest BCUT2D eigenvalue weighted by atomic mass is 16.6. The highest BCUT2D eigenvalue weighted by molar-refractivity contribution is 6.05. The Morgan fingerprint density at radius 3 is 2.61 bits per heavy atom. The summed E-state index contributed by atoms with van der Waals surface area (Å²) in [5.74, 6) is 0.0975. The molecule has 2 amide bonds. The predicted octanol–water partition coefficient (Wildman–Crippen LogP) is 2.65. The van der Waals surface area contributed by atoms with Crippen molar-refractivity contribution in [2.24, 2.45) is 16.5 Å². The van der Waals surface area contributed by atoms with Crippen LogP contribution in [0.2, 0.25) is 0 Å². The molecule has 0 spiro atoms. The van der Waals surface area contributed by atoms with Crippen molar-refractivity contribution in [3.05, 3.63) is 29.3 Å². The van der Waals surface area contributed by atoms with Gasteiger partial charge >= 0.3 is 6.09 Å². The molecule has 0 radical (unpaired) electrons. The summed E-state index contributed by atoms with van der Waals surface area (Å²) in [5.41, 5.74) is 12.8. The number of nitrogens with one attached hydrogen (secondary N) is 1. The van der Waals surface area contributed by atoms with Gasteiger partial charge in [0.2, 0.25) is 0 Å². The van der Waals surface area contributed by atoms with Crippen molar-refractivity contribution in [2.45, 2.75) is 83.1 Å². The van der Waals surface area contributed by atoms with Crippen LogP contribution in [-0.4, -0.2) is 54.7 Å². The van der Waals surface area contributed by atoms with Crippen LogP contribution in [0.25, 0.3) is 0 Å². The van der Waals surface area contributed by atoms with Crippen LogP contribution >= 0.6 is 0 Å². The van der Waals surface area contributed by atoms with Gasteiger partial charge < -0.3 is 26.3 Å². The standard InChI is InChI=1S/C24H37N5O4/c1-16(25)23(30)28-22(26)17-11-12-18(20(14-17)32-2)15-27-24(31)33-21-10-6-7-13-29(21)19-8-4-3-5-9-19/h11-12,14,16,19,21H,3-10,13,15,25H2,1-2H3,(H,27,31)(H2,26,28,30)/t16-,21?/m0/s1. The van der Waals surface area contributed by atoms with E-state index in [1.807, 2.05) is 0 Å². The first-order valence-electron chi connectivity index (χ1n) is 11.9. The minimum atomic E-state index is -0.724. The Bertz CT molecular complexity index is 851. The summed E-state index contributed by atoms with van der Waals surface area (Å²) in [4.78, 5) is 30.5. The topological polar surface area (TPSA) is 132 Å². The van der Waals surface area contributed by atoms with Gasteiger partial charge in [-0.3, -0.25) is 9.69 Å². The molecule has 1 unspecified atom stereocenters. The molecule has 1 aliphatic carbocycles. The van der Waals surface area contributed by atoms with Gasteiger partial charge in [0.15, 0.2) is 6.23 Å². The summed E-state index contributed by atoms with van der Waals surface area (Å²) in [6, 6.07) is 4.98. The number of rotatable bonds is 7. The molecule has 0 aromatic heterocycles. The average molecular weight is 460 g/mol. The van der Waals surface area contributed by atoms with Gasteiger partial charge in [-0.25, -0.2) is 4.79 Å². The molecule has 9 heteroatoms. The number of piperidine rings is 1. The van der Waals surface area contributed by atoms with E-state index in [9.17, 15) is 9.59 Å². The van der Waals surface area contributed by atoms with Crippen LogP contribution in [0.5, 0.6) is 5.75 Å². The molecule has 2 atom stereocenters. The Hall–Kier alpha value is -2.65. The number of amidine groups is 1. The third kappa shape index (κ3) is 6.91. The molecule has 2 fully saturated rings. The zero-order valence-electron chi connectivity index (χ0n) is 19.7. The SMILES string of the molecule is COc1cc(C(N)=NC(=O)[C@H](C)N)ccc1CNC(=O)OC1CCCCN1C1CCCCC1. The predicted molar refractivity (Wildman–Crippen MR) is 127 cm³/mol. The number of nitrogens with zero attached hydrogens (tertiary/aromatic N) is 2. The summed E-state index contributed by atoms with van der Waals surface area (Å²) in [7, 11) is 1.53. The van der Waals surface area contributed by atoms with Crippen LogP contribution in [0.1, 0.15) is 69.4 Å². The second-order valence-corrected chi connectivity index (χ2v) is 8.89. The van der Waals surface area contributed by atoms with E-state index in [2.05, 4.69) is 15.2 Å². The monoisotopic (exact) mass is 459 g/mol. The van der Waals surface area contributed by atoms with Crippen molar-refractivity contribution in [2.75, 3.05) is 13.7 Å². The Kier molecular flexibility index (Phi) is 9.08. The molecule has 3 rings (SSSR count). The highest BCUT2D eigenvalue weighted by Crippen LogP contribution is 2.29. The van der Waals surface area contributed by atoms with E-state index >= 15 is 0 Å². The maximum Gasteiger partial charge on any atom is 0.408 e. The second-order valence-electron chi connectivity index (χ2n) is 8.89. The first kappa shape index (κ1) is 25.0. The van der Waals surface area contributed by atoms with E-state index in [1.54, 1.807) is 25.1 Å². The van der Waals surface area contributed by atoms with Crippen LogP contribution in [0.3, 0.4) is 0 Å². The second kappa shape index (κ2) is 12.0. The van der Waals surface area contributed by atoms with Crippen LogP contribution in [0, 0.1) is 0 Å². The highest BCUT2D eigenvalue weighted by Gasteiger charge is 2.32. The Morgan fingerprint density at radius 2 is 1.91 bits per heavy atom. The lowest BCUT2D eigenvalue weighted by molar-refractivity contribution is -0.118. The number of ether oxygens (including phenoxy) is 2. The summed E-state index contributed by atoms with van der Waals surface area (Å²) < 4.78 is 11.3. The van der Waals surface area contributed by atoms with E-state index in [1.165, 1.54) is 39.2 Å². The molecule has 0 bridgehead atoms. The lowest BCUT2D eigenvalue weighted by Crippen LogP contribution is -2.49. The summed E-state index contributed by atoms with van der Waals surface area (Å²) in [6.45, 7) is 2.79. The molecule has 182 valence electrons. The smallest absolute Gasteiger partial charge is 0.408 e. The third-order valence-electron chi connectivity index (χ3n) is 6.40. The lowest BCUT2D eigenvalue weighted by atomic mass is 9.92. The quantitative estimate of drug-likeness (QED) is 0.422. The molecule has 1 aromatic rings. The summed E-state index contributed by atoms with van der Waals surface area (Å²) in [5, 5.41) is 2.84. The van der Waals surface area contributed by atoms with Gasteiger partial charge in [0, 0.05) is 30.3 Å². The molecule has 9 nitrogen and oxygen atoms in total. The fourth-order valence-electron chi connectivity index (χ4n) is 4.55. The number of hydrogen-bond donors (Lipinski definition) is 3. The van der Waals surface area contributed by atoms with Gasteiger partial charge in [-0.1, -0.05) is 31.4 Å². The summed E-state index contributed by atoms with van der Waals surface area (Å²) >= 11 is 0. The van der Waals surface area contributed by atoms with Crippen molar-refractivity contribution >= 4 is 17.8 Å². The van der Waals surface area contributed by atoms with Crippen LogP contribution < -0.4 is 21.5 Å². The van der Waals surface area contributed by atoms with E-state index < -0.39 is 18.0 Å². The van der Waals surface area contributed by atoms with Crippen molar-refractivity contribution in [3.8, 4) is 5.75 Å². The Morgan fingerprint density at radius 1 is 1.18 bits per heavy atom. The number of likely N-dealkylation sites (tertiary alicyclic amines) is 1. The number of carbonyl (C=O) groups excluding carboxylic acids is 2. The lowest BCUT2D eigenvalue weighted by Gasteiger charge is -2.41. The van der Waals surface area contributed by atoms with Gasteiger partial charge in [-0.15, -0.1) is 0 Å². The maximum absolute atomic E-state index is 12.6. The molecule has 1 saturated carbocycles. The van der Waals surface area contributed by atoms with E-state index in [0.717, 1.165) is 31.4 Å². The van der Waals surface area contributed by atoms with Crippen LogP contribution in [0.4, 0.5) is 4.79 Å². The van der Waals surface area contributed by atoms with Crippen molar-refractivity contribution < 1.29 is 19.1 Å². The fourth-order valence-corrected chi connectivity index (χ4v) is 4.55. The molecule has 33 heavy (non-hydrogen) atoms. The normalized spacial score (nSPS) is 21.3. The Balaban J connectivity index is 1.59. The minimum absolute atomic E-state index is 0.0645. The number of benzene rings is 1. The molecular formula is C24H37N5O4. The number of hydrogen-bond acceptors (Lipinski definition) is 6. The zero-order valence-corrected chi connectivity index (χ0v) is 19.7. The molecule has 1 saturated heterocycles. The van der Waals surface area contributed by atoms with Gasteiger partial charge in [0.1, 0.15) is 11.6 Å². The summed E-state index contributed by atoms with van der Waals surface area (Å²) in [6.07, 6.45) is 8.70. The largest absolute Gasteiger partial charge is 0.496 e. The number of amides is 2. The zero-order chi connectivity index (χ0) is 23.8. The number of alkyl carbamates (subject to hydrolysis) is 1. The molecule has 2 aliphatic rings. The number of methoxy groups -OCH3 is 1. The van der Waals surface area contributed by atoms with E-state index in [0.29, 0.717) is 17.4 Å². The molecular weight excluding hydrogens is 422 g/mol. The third-order valence-corrected chi connectivity index (χ3v) is 6.40.